The minimum absolute atomic E-state index is 0.112. The van der Waals surface area contributed by atoms with Gasteiger partial charge in [0.2, 0.25) is 16.8 Å². The number of nitrogens with zero attached hydrogens (tertiary/aromatic N) is 2. The van der Waals surface area contributed by atoms with Gasteiger partial charge in [0.1, 0.15) is 5.01 Å². The van der Waals surface area contributed by atoms with Gasteiger partial charge in [-0.05, 0) is 30.9 Å². The quantitative estimate of drug-likeness (QED) is 0.656. The van der Waals surface area contributed by atoms with Crippen LogP contribution >= 0.6 is 11.3 Å². The van der Waals surface area contributed by atoms with Crippen molar-refractivity contribution in [1.82, 2.24) is 10.2 Å². The third-order valence-corrected chi connectivity index (χ3v) is 5.43. The summed E-state index contributed by atoms with van der Waals surface area (Å²) < 4.78 is 16.1. The fraction of sp³-hybridized carbons (Fsp3) is 0.526. The van der Waals surface area contributed by atoms with Gasteiger partial charge in [0.15, 0.2) is 11.5 Å². The van der Waals surface area contributed by atoms with Crippen LogP contribution in [0.4, 0.5) is 5.13 Å². The number of anilines is 1. The summed E-state index contributed by atoms with van der Waals surface area (Å²) in [6, 6.07) is 3.69. The Balaban J connectivity index is 2.02. The lowest BCUT2D eigenvalue weighted by molar-refractivity contribution is -0.116. The van der Waals surface area contributed by atoms with Crippen LogP contribution in [0, 0.1) is 0 Å². The van der Waals surface area contributed by atoms with Crippen molar-refractivity contribution in [3.63, 3.8) is 0 Å². The maximum atomic E-state index is 12.3. The molecule has 2 aromatic rings. The van der Waals surface area contributed by atoms with Crippen molar-refractivity contribution in [2.45, 2.75) is 45.4 Å². The van der Waals surface area contributed by atoms with Crippen LogP contribution in [0.5, 0.6) is 17.2 Å². The molecule has 8 heteroatoms. The predicted molar refractivity (Wildman–Crippen MR) is 106 cm³/mol. The number of hydrogen-bond acceptors (Lipinski definition) is 7. The SMILES string of the molecule is CCC(CC)c1nnc(NC(=O)CCc2ccc(OC)c(OC)c2OC)s1. The fourth-order valence-corrected chi connectivity index (χ4v) is 3.90. The lowest BCUT2D eigenvalue weighted by Gasteiger charge is -2.15. The smallest absolute Gasteiger partial charge is 0.226 e. The summed E-state index contributed by atoms with van der Waals surface area (Å²) in [6.45, 7) is 4.26. The first-order valence-corrected chi connectivity index (χ1v) is 9.80. The second-order valence-electron chi connectivity index (χ2n) is 6.00. The van der Waals surface area contributed by atoms with Crippen molar-refractivity contribution < 1.29 is 19.0 Å². The van der Waals surface area contributed by atoms with E-state index in [9.17, 15) is 4.79 Å². The monoisotopic (exact) mass is 393 g/mol. The minimum Gasteiger partial charge on any atom is -0.493 e. The van der Waals surface area contributed by atoms with Gasteiger partial charge in [0.05, 0.1) is 21.3 Å². The normalized spacial score (nSPS) is 10.7. The van der Waals surface area contributed by atoms with Crippen LogP contribution in [0.25, 0.3) is 0 Å². The number of nitrogens with one attached hydrogen (secondary N) is 1. The number of amides is 1. The van der Waals surface area contributed by atoms with E-state index in [4.69, 9.17) is 14.2 Å². The maximum Gasteiger partial charge on any atom is 0.226 e. The van der Waals surface area contributed by atoms with Crippen LogP contribution < -0.4 is 19.5 Å². The van der Waals surface area contributed by atoms with Gasteiger partial charge in [-0.1, -0.05) is 31.3 Å². The molecule has 0 unspecified atom stereocenters. The molecule has 1 amide bonds. The molecule has 0 bridgehead atoms. The zero-order valence-electron chi connectivity index (χ0n) is 16.5. The predicted octanol–water partition coefficient (Wildman–Crippen LogP) is 4.04. The summed E-state index contributed by atoms with van der Waals surface area (Å²) in [5.41, 5.74) is 0.875. The molecule has 0 aliphatic carbocycles. The standard InChI is InChI=1S/C19H27N3O4S/c1-6-12(7-2)18-21-22-19(27-18)20-15(23)11-9-13-8-10-14(24-3)17(26-5)16(13)25-4/h8,10,12H,6-7,9,11H2,1-5H3,(H,20,22,23). The minimum atomic E-state index is -0.112. The van der Waals surface area contributed by atoms with E-state index in [-0.39, 0.29) is 5.91 Å². The van der Waals surface area contributed by atoms with Crippen LogP contribution in [0.15, 0.2) is 12.1 Å². The third kappa shape index (κ3) is 5.09. The Labute approximate surface area is 164 Å². The molecule has 7 nitrogen and oxygen atoms in total. The largest absolute Gasteiger partial charge is 0.493 e. The van der Waals surface area contributed by atoms with E-state index < -0.39 is 0 Å². The van der Waals surface area contributed by atoms with Crippen LogP contribution in [0.3, 0.4) is 0 Å². The van der Waals surface area contributed by atoms with Gasteiger partial charge in [-0.15, -0.1) is 10.2 Å². The number of aromatic nitrogens is 2. The summed E-state index contributed by atoms with van der Waals surface area (Å²) in [5, 5.41) is 12.6. The lowest BCUT2D eigenvalue weighted by Crippen LogP contribution is -2.12. The fourth-order valence-electron chi connectivity index (χ4n) is 2.88. The van der Waals surface area contributed by atoms with E-state index in [2.05, 4.69) is 29.4 Å². The zero-order valence-corrected chi connectivity index (χ0v) is 17.3. The molecule has 1 N–H and O–H groups in total. The Kier molecular flexibility index (Phi) is 7.84. The van der Waals surface area contributed by atoms with E-state index in [1.807, 2.05) is 6.07 Å². The van der Waals surface area contributed by atoms with Crippen molar-refractivity contribution in [2.24, 2.45) is 0 Å². The maximum absolute atomic E-state index is 12.3. The molecule has 0 radical (unpaired) electrons. The Bertz CT molecular complexity index is 759. The average Bonchev–Trinajstić information content (AvgIpc) is 3.14. The second-order valence-corrected chi connectivity index (χ2v) is 7.01. The number of hydrogen-bond donors (Lipinski definition) is 1. The average molecular weight is 394 g/mol. The van der Waals surface area contributed by atoms with Gasteiger partial charge in [-0.2, -0.15) is 0 Å². The molecule has 0 saturated carbocycles. The first-order chi connectivity index (χ1) is 13.1. The number of aryl methyl sites for hydroxylation is 1. The molecule has 0 atom stereocenters. The van der Waals surface area contributed by atoms with E-state index in [1.165, 1.54) is 11.3 Å². The number of methoxy groups -OCH3 is 3. The number of ether oxygens (including phenoxy) is 3. The van der Waals surface area contributed by atoms with Gasteiger partial charge in [0, 0.05) is 12.3 Å². The van der Waals surface area contributed by atoms with Crippen molar-refractivity contribution in [3.8, 4) is 17.2 Å². The Morgan fingerprint density at radius 1 is 1.07 bits per heavy atom. The van der Waals surface area contributed by atoms with Crippen molar-refractivity contribution >= 4 is 22.4 Å². The zero-order chi connectivity index (χ0) is 19.8. The van der Waals surface area contributed by atoms with Crippen molar-refractivity contribution in [3.05, 3.63) is 22.7 Å². The highest BCUT2D eigenvalue weighted by molar-refractivity contribution is 7.15. The van der Waals surface area contributed by atoms with Gasteiger partial charge in [-0.3, -0.25) is 4.79 Å². The lowest BCUT2D eigenvalue weighted by atomic mass is 10.1. The van der Waals surface area contributed by atoms with E-state index in [1.54, 1.807) is 27.4 Å². The molecule has 1 aromatic heterocycles. The molecule has 1 heterocycles. The molecule has 0 spiro atoms. The van der Waals surface area contributed by atoms with E-state index in [0.29, 0.717) is 41.1 Å². The Hall–Kier alpha value is -2.35. The molecule has 0 saturated heterocycles. The Morgan fingerprint density at radius 2 is 1.78 bits per heavy atom. The van der Waals surface area contributed by atoms with E-state index >= 15 is 0 Å². The van der Waals surface area contributed by atoms with Crippen molar-refractivity contribution in [2.75, 3.05) is 26.6 Å². The first-order valence-electron chi connectivity index (χ1n) is 8.98. The molecule has 2 rings (SSSR count). The molecular weight excluding hydrogens is 366 g/mol. The number of carbonyl (C=O) groups is 1. The molecule has 0 aliphatic heterocycles. The van der Waals surface area contributed by atoms with E-state index in [0.717, 1.165) is 23.4 Å². The molecular formula is C19H27N3O4S. The first kappa shape index (κ1) is 21.0. The van der Waals surface area contributed by atoms with Crippen LogP contribution in [0.2, 0.25) is 0 Å². The van der Waals surface area contributed by atoms with Gasteiger partial charge in [-0.25, -0.2) is 0 Å². The molecule has 1 aromatic carbocycles. The van der Waals surface area contributed by atoms with Gasteiger partial charge < -0.3 is 19.5 Å². The highest BCUT2D eigenvalue weighted by Crippen LogP contribution is 2.40. The summed E-state index contributed by atoms with van der Waals surface area (Å²) in [5.74, 6) is 1.97. The second kappa shape index (κ2) is 10.1. The number of benzene rings is 1. The highest BCUT2D eigenvalue weighted by Gasteiger charge is 2.18. The van der Waals surface area contributed by atoms with Crippen LogP contribution in [-0.2, 0) is 11.2 Å². The number of carbonyl (C=O) groups excluding carboxylic acids is 1. The highest BCUT2D eigenvalue weighted by atomic mass is 32.1. The molecule has 148 valence electrons. The van der Waals surface area contributed by atoms with Gasteiger partial charge >= 0.3 is 0 Å². The third-order valence-electron chi connectivity index (χ3n) is 4.43. The van der Waals surface area contributed by atoms with Gasteiger partial charge in [0.25, 0.3) is 0 Å². The van der Waals surface area contributed by atoms with Crippen molar-refractivity contribution in [1.29, 1.82) is 0 Å². The summed E-state index contributed by atoms with van der Waals surface area (Å²) in [6.07, 6.45) is 2.83. The summed E-state index contributed by atoms with van der Waals surface area (Å²) >= 11 is 1.44. The molecule has 0 fully saturated rings. The topological polar surface area (TPSA) is 82.6 Å². The molecule has 27 heavy (non-hydrogen) atoms. The summed E-state index contributed by atoms with van der Waals surface area (Å²) in [4.78, 5) is 12.3. The van der Waals surface area contributed by atoms with Crippen LogP contribution in [-0.4, -0.2) is 37.4 Å². The summed E-state index contributed by atoms with van der Waals surface area (Å²) in [7, 11) is 4.70. The van der Waals surface area contributed by atoms with Crippen LogP contribution in [0.1, 0.15) is 49.6 Å². The Morgan fingerprint density at radius 3 is 2.37 bits per heavy atom. The molecule has 0 aliphatic rings. The number of rotatable bonds is 10.